The first-order valence-corrected chi connectivity index (χ1v) is 8.40. The quantitative estimate of drug-likeness (QED) is 0.623. The second-order valence-electron chi connectivity index (χ2n) is 6.92. The van der Waals surface area contributed by atoms with Crippen LogP contribution in [0.3, 0.4) is 0 Å². The third kappa shape index (κ3) is 4.46. The van der Waals surface area contributed by atoms with E-state index in [0.717, 1.165) is 0 Å². The van der Waals surface area contributed by atoms with Crippen LogP contribution in [-0.4, -0.2) is 58.4 Å². The first-order chi connectivity index (χ1) is 11.3. The van der Waals surface area contributed by atoms with E-state index in [0.29, 0.717) is 31.7 Å². The molecule has 2 heterocycles. The van der Waals surface area contributed by atoms with Crippen molar-refractivity contribution in [2.75, 3.05) is 6.54 Å². The molecule has 2 aliphatic rings. The predicted octanol–water partition coefficient (Wildman–Crippen LogP) is -0.128. The molecule has 2 saturated heterocycles. The molecule has 3 atom stereocenters. The van der Waals surface area contributed by atoms with Crippen molar-refractivity contribution in [3.05, 3.63) is 0 Å². The van der Waals surface area contributed by atoms with E-state index in [1.54, 1.807) is 4.90 Å². The predicted molar refractivity (Wildman–Crippen MR) is 84.9 cm³/mol. The van der Waals surface area contributed by atoms with Crippen LogP contribution in [0.2, 0.25) is 0 Å². The van der Waals surface area contributed by atoms with Crippen molar-refractivity contribution < 1.29 is 24.3 Å². The molecule has 134 valence electrons. The third-order valence-electron chi connectivity index (χ3n) is 4.44. The van der Waals surface area contributed by atoms with Gasteiger partial charge in [-0.1, -0.05) is 13.8 Å². The topological polar surface area (TPSA) is 116 Å². The Kier molecular flexibility index (Phi) is 5.80. The Labute approximate surface area is 141 Å². The lowest BCUT2D eigenvalue weighted by molar-refractivity contribution is -0.152. The van der Waals surface area contributed by atoms with Crippen molar-refractivity contribution in [2.24, 2.45) is 5.92 Å². The largest absolute Gasteiger partial charge is 0.481 e. The van der Waals surface area contributed by atoms with Crippen molar-refractivity contribution in [1.29, 1.82) is 0 Å². The van der Waals surface area contributed by atoms with Gasteiger partial charge >= 0.3 is 5.97 Å². The molecule has 2 rings (SSSR count). The molecule has 0 bridgehead atoms. The van der Waals surface area contributed by atoms with E-state index in [-0.39, 0.29) is 36.6 Å². The van der Waals surface area contributed by atoms with Gasteiger partial charge in [-0.25, -0.2) is 0 Å². The number of hydrogen-bond donors (Lipinski definition) is 3. The third-order valence-corrected chi connectivity index (χ3v) is 4.44. The van der Waals surface area contributed by atoms with Crippen LogP contribution in [0.25, 0.3) is 0 Å². The van der Waals surface area contributed by atoms with Gasteiger partial charge in [-0.3, -0.25) is 19.2 Å². The molecular weight excluding hydrogens is 314 g/mol. The lowest BCUT2D eigenvalue weighted by Crippen LogP contribution is -2.67. The van der Waals surface area contributed by atoms with Crippen LogP contribution < -0.4 is 10.6 Å². The van der Waals surface area contributed by atoms with Gasteiger partial charge in [-0.05, 0) is 25.2 Å². The number of fused-ring (bicyclic) bond motifs is 1. The minimum Gasteiger partial charge on any atom is -0.481 e. The van der Waals surface area contributed by atoms with Crippen LogP contribution in [0, 0.1) is 5.92 Å². The molecule has 0 saturated carbocycles. The summed E-state index contributed by atoms with van der Waals surface area (Å²) in [5, 5.41) is 14.2. The van der Waals surface area contributed by atoms with Crippen molar-refractivity contribution in [2.45, 2.75) is 64.1 Å². The number of carbonyl (C=O) groups is 4. The lowest BCUT2D eigenvalue weighted by Gasteiger charge is -2.44. The Balaban J connectivity index is 1.92. The van der Waals surface area contributed by atoms with Crippen LogP contribution in [0.5, 0.6) is 0 Å². The average molecular weight is 339 g/mol. The lowest BCUT2D eigenvalue weighted by atomic mass is 9.91. The number of carboxylic acid groups (broad SMARTS) is 1. The number of hydrogen-bond acceptors (Lipinski definition) is 4. The number of carbonyl (C=O) groups excluding carboxylic acids is 3. The van der Waals surface area contributed by atoms with E-state index in [9.17, 15) is 19.2 Å². The van der Waals surface area contributed by atoms with Gasteiger partial charge in [0.15, 0.2) is 0 Å². The van der Waals surface area contributed by atoms with Crippen LogP contribution in [-0.2, 0) is 19.2 Å². The first-order valence-electron chi connectivity index (χ1n) is 8.40. The van der Waals surface area contributed by atoms with Crippen LogP contribution in [0.15, 0.2) is 0 Å². The molecule has 8 heteroatoms. The summed E-state index contributed by atoms with van der Waals surface area (Å²) in [6.45, 7) is 4.43. The monoisotopic (exact) mass is 339 g/mol. The smallest absolute Gasteiger partial charge is 0.303 e. The fourth-order valence-corrected chi connectivity index (χ4v) is 3.29. The highest BCUT2D eigenvalue weighted by Crippen LogP contribution is 2.24. The Morgan fingerprint density at radius 3 is 2.67 bits per heavy atom. The zero-order valence-electron chi connectivity index (χ0n) is 14.1. The van der Waals surface area contributed by atoms with Crippen LogP contribution in [0.1, 0.15) is 46.0 Å². The summed E-state index contributed by atoms with van der Waals surface area (Å²) in [6.07, 6.45) is 1.25. The number of piperidine rings is 1. The van der Waals surface area contributed by atoms with Gasteiger partial charge in [0.05, 0.1) is 6.42 Å². The van der Waals surface area contributed by atoms with Gasteiger partial charge in [0, 0.05) is 19.0 Å². The zero-order chi connectivity index (χ0) is 17.9. The van der Waals surface area contributed by atoms with E-state index in [1.807, 2.05) is 13.8 Å². The number of amides is 3. The standard InChI is InChI=1S/C16H25N3O5/c1-9(2)7-11-16(24)19-6-5-10(8-12(19)15(23)18-11)17-13(20)3-4-14(21)22/h9-12H,3-8H2,1-2H3,(H,17,20)(H,18,23)(H,21,22)/t10-,11+,12-/m0/s1. The molecule has 0 aromatic rings. The molecule has 0 radical (unpaired) electrons. The van der Waals surface area contributed by atoms with Gasteiger partial charge in [0.2, 0.25) is 17.7 Å². The highest BCUT2D eigenvalue weighted by atomic mass is 16.4. The maximum Gasteiger partial charge on any atom is 0.303 e. The highest BCUT2D eigenvalue weighted by molar-refractivity contribution is 5.97. The molecule has 0 aromatic heterocycles. The first kappa shape index (κ1) is 18.2. The summed E-state index contributed by atoms with van der Waals surface area (Å²) in [4.78, 5) is 48.7. The molecule has 0 aliphatic carbocycles. The van der Waals surface area contributed by atoms with Crippen molar-refractivity contribution >= 4 is 23.7 Å². The van der Waals surface area contributed by atoms with E-state index < -0.39 is 18.1 Å². The van der Waals surface area contributed by atoms with Crippen LogP contribution in [0.4, 0.5) is 0 Å². The Hall–Kier alpha value is -2.12. The summed E-state index contributed by atoms with van der Waals surface area (Å²) in [6, 6.07) is -1.23. The molecule has 3 N–H and O–H groups in total. The second-order valence-corrected chi connectivity index (χ2v) is 6.92. The Morgan fingerprint density at radius 2 is 2.04 bits per heavy atom. The number of carboxylic acids is 1. The fraction of sp³-hybridized carbons (Fsp3) is 0.750. The highest BCUT2D eigenvalue weighted by Gasteiger charge is 2.43. The van der Waals surface area contributed by atoms with Crippen molar-refractivity contribution in [3.63, 3.8) is 0 Å². The molecule has 0 aromatic carbocycles. The number of rotatable bonds is 6. The number of piperazine rings is 1. The van der Waals surface area contributed by atoms with Gasteiger partial charge in [0.1, 0.15) is 12.1 Å². The van der Waals surface area contributed by atoms with Crippen molar-refractivity contribution in [3.8, 4) is 0 Å². The van der Waals surface area contributed by atoms with E-state index in [2.05, 4.69) is 10.6 Å². The van der Waals surface area contributed by atoms with Crippen LogP contribution >= 0.6 is 0 Å². The molecule has 24 heavy (non-hydrogen) atoms. The molecule has 3 amide bonds. The number of aliphatic carboxylic acids is 1. The molecular formula is C16H25N3O5. The summed E-state index contributed by atoms with van der Waals surface area (Å²) in [5.74, 6) is -1.28. The summed E-state index contributed by atoms with van der Waals surface area (Å²) >= 11 is 0. The number of nitrogens with one attached hydrogen (secondary N) is 2. The minimum atomic E-state index is -1.02. The van der Waals surface area contributed by atoms with E-state index in [4.69, 9.17) is 5.11 Å². The van der Waals surface area contributed by atoms with Gasteiger partial charge < -0.3 is 20.6 Å². The fourth-order valence-electron chi connectivity index (χ4n) is 3.29. The zero-order valence-corrected chi connectivity index (χ0v) is 14.1. The van der Waals surface area contributed by atoms with Crippen molar-refractivity contribution in [1.82, 2.24) is 15.5 Å². The molecule has 2 aliphatic heterocycles. The normalized spacial score (nSPS) is 26.8. The number of nitrogens with zero attached hydrogens (tertiary/aromatic N) is 1. The molecule has 0 unspecified atom stereocenters. The van der Waals surface area contributed by atoms with Gasteiger partial charge in [-0.15, -0.1) is 0 Å². The second kappa shape index (κ2) is 7.63. The minimum absolute atomic E-state index is 0.0519. The maximum absolute atomic E-state index is 12.5. The SMILES string of the molecule is CC(C)C[C@H]1NC(=O)[C@@H]2C[C@@H](NC(=O)CCC(=O)O)CCN2C1=O. The van der Waals surface area contributed by atoms with Gasteiger partial charge in [0.25, 0.3) is 0 Å². The summed E-state index contributed by atoms with van der Waals surface area (Å²) in [5.41, 5.74) is 0. The Morgan fingerprint density at radius 1 is 1.33 bits per heavy atom. The molecule has 0 spiro atoms. The van der Waals surface area contributed by atoms with E-state index in [1.165, 1.54) is 0 Å². The van der Waals surface area contributed by atoms with Gasteiger partial charge in [-0.2, -0.15) is 0 Å². The van der Waals surface area contributed by atoms with E-state index >= 15 is 0 Å². The summed E-state index contributed by atoms with van der Waals surface area (Å²) in [7, 11) is 0. The summed E-state index contributed by atoms with van der Waals surface area (Å²) < 4.78 is 0. The maximum atomic E-state index is 12.5. The molecule has 8 nitrogen and oxygen atoms in total. The Bertz CT molecular complexity index is 534. The molecule has 2 fully saturated rings. The average Bonchev–Trinajstić information content (AvgIpc) is 2.50.